The molecular formula is C74H124O21. The summed E-state index contributed by atoms with van der Waals surface area (Å²) in [5, 5.41) is 0. The number of carbonyl (C=O) groups is 10. The van der Waals surface area contributed by atoms with E-state index in [9.17, 15) is 47.9 Å². The van der Waals surface area contributed by atoms with Crippen LogP contribution in [-0.2, 0) is 100 Å². The zero-order chi connectivity index (χ0) is 72.9. The molecule has 0 spiro atoms. The van der Waals surface area contributed by atoms with E-state index in [4.69, 9.17) is 52.1 Å². The maximum Gasteiger partial charge on any atom is 0.348 e. The topological polar surface area (TPSA) is 272 Å². The Bertz CT molecular complexity index is 2590. The second-order valence-electron chi connectivity index (χ2n) is 32.9. The van der Waals surface area contributed by atoms with Crippen LogP contribution in [-0.4, -0.2) is 132 Å². The van der Waals surface area contributed by atoms with Crippen LogP contribution < -0.4 is 0 Å². The van der Waals surface area contributed by atoms with Crippen molar-refractivity contribution in [3.8, 4) is 0 Å². The third-order valence-corrected chi connectivity index (χ3v) is 21.3. The first kappa shape index (κ1) is 83.9. The van der Waals surface area contributed by atoms with Crippen LogP contribution in [0.25, 0.3) is 0 Å². The van der Waals surface area contributed by atoms with E-state index < -0.39 is 51.5 Å². The van der Waals surface area contributed by atoms with Crippen molar-refractivity contribution in [3.63, 3.8) is 0 Å². The molecule has 546 valence electrons. The number of hydrogen-bond acceptors (Lipinski definition) is 21. The Morgan fingerprint density at radius 2 is 0.853 bits per heavy atom. The average Bonchev–Trinajstić information content (AvgIpc) is 1.58. The fourth-order valence-electron chi connectivity index (χ4n) is 10.9. The number of ether oxygens (including phenoxy) is 11. The average molecular weight is 1350 g/mol. The van der Waals surface area contributed by atoms with Crippen molar-refractivity contribution in [3.05, 3.63) is 0 Å². The van der Waals surface area contributed by atoms with E-state index in [1.54, 1.807) is 13.8 Å². The molecule has 0 aromatic carbocycles. The van der Waals surface area contributed by atoms with Gasteiger partial charge in [-0.3, -0.25) is 43.2 Å². The summed E-state index contributed by atoms with van der Waals surface area (Å²) >= 11 is 0. The minimum atomic E-state index is -0.742. The lowest BCUT2D eigenvalue weighted by Crippen LogP contribution is -2.47. The van der Waals surface area contributed by atoms with Gasteiger partial charge < -0.3 is 52.1 Å². The fraction of sp³-hybridized carbons (Fsp3) is 0.865. The van der Waals surface area contributed by atoms with Crippen LogP contribution in [0.2, 0.25) is 0 Å². The van der Waals surface area contributed by atoms with Crippen LogP contribution in [0.5, 0.6) is 0 Å². The minimum Gasteiger partial charge on any atom is -0.462 e. The summed E-state index contributed by atoms with van der Waals surface area (Å²) in [4.78, 5) is 116. The molecule has 8 atom stereocenters. The molecule has 95 heavy (non-hydrogen) atoms. The number of esters is 10. The van der Waals surface area contributed by atoms with Gasteiger partial charge in [0.2, 0.25) is 6.10 Å². The molecule has 21 heteroatoms. The van der Waals surface area contributed by atoms with Crippen molar-refractivity contribution in [2.45, 2.75) is 348 Å². The molecule has 2 saturated carbocycles. The second-order valence-corrected chi connectivity index (χ2v) is 32.9. The first-order valence-electron chi connectivity index (χ1n) is 35.2. The molecule has 2 bridgehead atoms. The fourth-order valence-corrected chi connectivity index (χ4v) is 10.9. The Morgan fingerprint density at radius 3 is 1.20 bits per heavy atom. The minimum absolute atomic E-state index is 0.0226. The predicted molar refractivity (Wildman–Crippen MR) is 355 cm³/mol. The summed E-state index contributed by atoms with van der Waals surface area (Å²) < 4.78 is 58.3. The standard InChI is InChI=1S/C15H28O2.C14H26O2.C13H18O5.C12H20O4.2C10H16O4/c1-7-14(5,6)12(16)17-15(13(2,3)4)10-8-9-11-15;1-6-13(4,5)12(15)16-14(11(2)3)9-7-8-10-14;1-4-13(2,3)12(15)18-9-7-5-6-8(16-7)10(9)17-11(6)14;1-6-11(2,3)10(14)15-8-7-12(4,5)16-9(8)13;2*1-4-10(2,3)9(12)14-7-5-8(11)13-6-7/h7-11H2,1-6H3;11H,6-10H2,1-5H3;6-10H,4-5H2,1-3H3;8H,6-7H2,1-5H3;2*7H,4-6H2,1-3H3. The summed E-state index contributed by atoms with van der Waals surface area (Å²) in [6.45, 7) is 49.2. The molecule has 6 aliphatic heterocycles. The molecule has 8 rings (SSSR count). The van der Waals surface area contributed by atoms with Crippen molar-refractivity contribution in [2.24, 2.45) is 49.7 Å². The van der Waals surface area contributed by atoms with Gasteiger partial charge in [0, 0.05) is 11.8 Å². The molecule has 21 nitrogen and oxygen atoms in total. The van der Waals surface area contributed by atoms with Gasteiger partial charge >= 0.3 is 59.7 Å². The number of carbonyl (C=O) groups excluding carboxylic acids is 10. The van der Waals surface area contributed by atoms with Gasteiger partial charge in [0.05, 0.1) is 57.4 Å². The Hall–Kier alpha value is -5.34. The highest BCUT2D eigenvalue weighted by atomic mass is 16.7. The lowest BCUT2D eigenvalue weighted by Gasteiger charge is -2.42. The zero-order valence-corrected chi connectivity index (χ0v) is 62.9. The van der Waals surface area contributed by atoms with Gasteiger partial charge in [0.1, 0.15) is 48.3 Å². The molecule has 8 fully saturated rings. The summed E-state index contributed by atoms with van der Waals surface area (Å²) in [5.74, 6) is -2.12. The molecule has 0 amide bonds. The second kappa shape index (κ2) is 33.5. The molecular weight excluding hydrogens is 1220 g/mol. The predicted octanol–water partition coefficient (Wildman–Crippen LogP) is 13.9. The van der Waals surface area contributed by atoms with E-state index in [0.29, 0.717) is 44.4 Å². The van der Waals surface area contributed by atoms with Crippen LogP contribution in [0, 0.1) is 49.7 Å². The molecule has 0 aromatic rings. The molecule has 6 saturated heterocycles. The molecule has 0 radical (unpaired) electrons. The van der Waals surface area contributed by atoms with Crippen LogP contribution in [0.1, 0.15) is 289 Å². The van der Waals surface area contributed by atoms with E-state index in [-0.39, 0.29) is 138 Å². The first-order chi connectivity index (χ1) is 43.5. The van der Waals surface area contributed by atoms with E-state index in [1.165, 1.54) is 25.7 Å². The molecule has 6 heterocycles. The normalized spacial score (nSPS) is 25.3. The molecule has 8 unspecified atom stereocenters. The third kappa shape index (κ3) is 22.6. The van der Waals surface area contributed by atoms with Crippen LogP contribution in [0.3, 0.4) is 0 Å². The third-order valence-electron chi connectivity index (χ3n) is 21.3. The number of rotatable bonds is 19. The van der Waals surface area contributed by atoms with Crippen molar-refractivity contribution in [1.82, 2.24) is 0 Å². The SMILES string of the molecule is CCC(C)(C)C(=O)OC1(C(C)(C)C)CCCC1.CCC(C)(C)C(=O)OC1(C(C)C)CCCC1.CCC(C)(C)C(=O)OC1C2CC3C(=O)OC1C3O2.CCC(C)(C)C(=O)OC1CC(C)(C)OC1=O.CCC(C)(C)C(=O)OC1COC(=O)C1.CCC(C)(C)C(=O)OC1COC(=O)C1. The van der Waals surface area contributed by atoms with Crippen molar-refractivity contribution < 1.29 is 100 Å². The Morgan fingerprint density at radius 1 is 0.484 bits per heavy atom. The smallest absolute Gasteiger partial charge is 0.348 e. The quantitative estimate of drug-likeness (QED) is 0.0858. The molecule has 0 N–H and O–H groups in total. The number of hydrogen-bond donors (Lipinski definition) is 0. The first-order valence-corrected chi connectivity index (χ1v) is 35.2. The van der Waals surface area contributed by atoms with Crippen LogP contribution in [0.4, 0.5) is 0 Å². The Kier molecular flexibility index (Phi) is 29.6. The zero-order valence-electron chi connectivity index (χ0n) is 62.9. The lowest BCUT2D eigenvalue weighted by atomic mass is 9.74. The van der Waals surface area contributed by atoms with Crippen molar-refractivity contribution in [1.29, 1.82) is 0 Å². The van der Waals surface area contributed by atoms with Gasteiger partial charge in [0.15, 0.2) is 12.2 Å². The van der Waals surface area contributed by atoms with Gasteiger partial charge in [-0.1, -0.05) is 76.2 Å². The Balaban J connectivity index is 0.000000298. The van der Waals surface area contributed by atoms with E-state index in [1.807, 2.05) is 125 Å². The van der Waals surface area contributed by atoms with Crippen molar-refractivity contribution in [2.75, 3.05) is 13.2 Å². The van der Waals surface area contributed by atoms with Gasteiger partial charge in [-0.15, -0.1) is 0 Å². The van der Waals surface area contributed by atoms with Crippen LogP contribution >= 0.6 is 0 Å². The number of fused-ring (bicyclic) bond motifs is 1. The van der Waals surface area contributed by atoms with Gasteiger partial charge in [-0.05, 0) is 199 Å². The summed E-state index contributed by atoms with van der Waals surface area (Å²) in [6, 6.07) is 0. The summed E-state index contributed by atoms with van der Waals surface area (Å²) in [6.07, 6.45) is 12.0. The van der Waals surface area contributed by atoms with E-state index in [0.717, 1.165) is 38.5 Å². The van der Waals surface area contributed by atoms with Gasteiger partial charge in [0.25, 0.3) is 0 Å². The highest BCUT2D eigenvalue weighted by molar-refractivity contribution is 5.84. The molecule has 2 aliphatic carbocycles. The highest BCUT2D eigenvalue weighted by Gasteiger charge is 2.65. The van der Waals surface area contributed by atoms with Gasteiger partial charge in [-0.25, -0.2) is 4.79 Å². The van der Waals surface area contributed by atoms with E-state index >= 15 is 0 Å². The summed E-state index contributed by atoms with van der Waals surface area (Å²) in [5.41, 5.74) is -3.64. The van der Waals surface area contributed by atoms with Crippen molar-refractivity contribution >= 4 is 59.7 Å². The lowest BCUT2D eigenvalue weighted by molar-refractivity contribution is -0.183. The summed E-state index contributed by atoms with van der Waals surface area (Å²) in [7, 11) is 0. The van der Waals surface area contributed by atoms with Gasteiger partial charge in [-0.2, -0.15) is 0 Å². The van der Waals surface area contributed by atoms with Crippen LogP contribution in [0.15, 0.2) is 0 Å². The maximum absolute atomic E-state index is 12.3. The highest BCUT2D eigenvalue weighted by Crippen LogP contribution is 2.49. The Labute approximate surface area is 568 Å². The molecule has 0 aromatic heterocycles. The number of cyclic esters (lactones) is 3. The monoisotopic (exact) mass is 1350 g/mol. The van der Waals surface area contributed by atoms with E-state index in [2.05, 4.69) is 34.6 Å². The largest absolute Gasteiger partial charge is 0.462 e. The maximum atomic E-state index is 12.3. The molecule has 8 aliphatic rings.